The van der Waals surface area contributed by atoms with E-state index in [0.717, 1.165) is 31.4 Å². The highest BCUT2D eigenvalue weighted by molar-refractivity contribution is 5.93. The standard InChI is InChI=1S/C17H24N2O/c1-4-8-15(9-5-2)19(17(20)6-3)16-11-7-10-14(12-16)13-18/h7,10-12,15H,4-6,8-9H2,1-3H3. The van der Waals surface area contributed by atoms with Crippen LogP contribution in [0.2, 0.25) is 0 Å². The molecule has 0 aromatic heterocycles. The van der Waals surface area contributed by atoms with Crippen molar-refractivity contribution in [3.8, 4) is 6.07 Å². The summed E-state index contributed by atoms with van der Waals surface area (Å²) in [5, 5.41) is 9.03. The second kappa shape index (κ2) is 8.37. The summed E-state index contributed by atoms with van der Waals surface area (Å²) in [5.74, 6) is 0.131. The maximum Gasteiger partial charge on any atom is 0.226 e. The van der Waals surface area contributed by atoms with Gasteiger partial charge < -0.3 is 4.90 Å². The molecule has 0 N–H and O–H groups in total. The fraction of sp³-hybridized carbons (Fsp3) is 0.529. The van der Waals surface area contributed by atoms with Gasteiger partial charge in [0.1, 0.15) is 0 Å². The lowest BCUT2D eigenvalue weighted by molar-refractivity contribution is -0.118. The number of hydrogen-bond donors (Lipinski definition) is 0. The van der Waals surface area contributed by atoms with Gasteiger partial charge in [-0.2, -0.15) is 5.26 Å². The fourth-order valence-electron chi connectivity index (χ4n) is 2.52. The maximum absolute atomic E-state index is 12.3. The Morgan fingerprint density at radius 3 is 2.40 bits per heavy atom. The van der Waals surface area contributed by atoms with Gasteiger partial charge in [-0.05, 0) is 31.0 Å². The predicted octanol–water partition coefficient (Wildman–Crippen LogP) is 4.27. The topological polar surface area (TPSA) is 44.1 Å². The highest BCUT2D eigenvalue weighted by atomic mass is 16.2. The van der Waals surface area contributed by atoms with Gasteiger partial charge in [-0.25, -0.2) is 0 Å². The smallest absolute Gasteiger partial charge is 0.226 e. The van der Waals surface area contributed by atoms with E-state index in [-0.39, 0.29) is 11.9 Å². The molecule has 1 rings (SSSR count). The van der Waals surface area contributed by atoms with Gasteiger partial charge in [0, 0.05) is 18.2 Å². The van der Waals surface area contributed by atoms with E-state index in [2.05, 4.69) is 19.9 Å². The molecule has 0 heterocycles. The van der Waals surface area contributed by atoms with Crippen molar-refractivity contribution in [3.63, 3.8) is 0 Å². The van der Waals surface area contributed by atoms with Crippen molar-refractivity contribution < 1.29 is 4.79 Å². The molecule has 0 unspecified atom stereocenters. The molecule has 0 aliphatic rings. The minimum absolute atomic E-state index is 0.131. The van der Waals surface area contributed by atoms with Gasteiger partial charge in [0.05, 0.1) is 11.6 Å². The van der Waals surface area contributed by atoms with E-state index in [0.29, 0.717) is 12.0 Å². The van der Waals surface area contributed by atoms with Crippen LogP contribution in [0.4, 0.5) is 5.69 Å². The molecule has 0 saturated carbocycles. The Morgan fingerprint density at radius 1 is 1.25 bits per heavy atom. The Bertz CT molecular complexity index is 470. The first kappa shape index (κ1) is 16.2. The molecule has 0 fully saturated rings. The minimum Gasteiger partial charge on any atom is -0.309 e. The number of rotatable bonds is 7. The van der Waals surface area contributed by atoms with E-state index in [1.54, 1.807) is 6.07 Å². The summed E-state index contributed by atoms with van der Waals surface area (Å²) in [6.07, 6.45) is 4.58. The van der Waals surface area contributed by atoms with E-state index in [1.807, 2.05) is 30.0 Å². The number of nitriles is 1. The van der Waals surface area contributed by atoms with Crippen LogP contribution in [-0.2, 0) is 4.79 Å². The van der Waals surface area contributed by atoms with Crippen LogP contribution < -0.4 is 4.90 Å². The third-order valence-electron chi connectivity index (χ3n) is 3.43. The molecule has 0 spiro atoms. The Hall–Kier alpha value is -1.82. The van der Waals surface area contributed by atoms with Crippen molar-refractivity contribution in [2.45, 2.75) is 58.9 Å². The van der Waals surface area contributed by atoms with Crippen LogP contribution in [0.5, 0.6) is 0 Å². The fourth-order valence-corrected chi connectivity index (χ4v) is 2.52. The van der Waals surface area contributed by atoms with E-state index < -0.39 is 0 Å². The van der Waals surface area contributed by atoms with Crippen LogP contribution in [0.15, 0.2) is 24.3 Å². The van der Waals surface area contributed by atoms with Crippen molar-refractivity contribution in [2.24, 2.45) is 0 Å². The Balaban J connectivity index is 3.15. The summed E-state index contributed by atoms with van der Waals surface area (Å²) in [6.45, 7) is 6.17. The first-order chi connectivity index (χ1) is 9.67. The monoisotopic (exact) mass is 272 g/mol. The zero-order valence-corrected chi connectivity index (χ0v) is 12.7. The highest BCUT2D eigenvalue weighted by Gasteiger charge is 2.23. The lowest BCUT2D eigenvalue weighted by atomic mass is 10.0. The maximum atomic E-state index is 12.3. The van der Waals surface area contributed by atoms with Crippen molar-refractivity contribution >= 4 is 11.6 Å². The van der Waals surface area contributed by atoms with Crippen molar-refractivity contribution in [3.05, 3.63) is 29.8 Å². The van der Waals surface area contributed by atoms with Gasteiger partial charge in [-0.15, -0.1) is 0 Å². The Morgan fingerprint density at radius 2 is 1.90 bits per heavy atom. The van der Waals surface area contributed by atoms with Crippen LogP contribution in [0.1, 0.15) is 58.4 Å². The van der Waals surface area contributed by atoms with Crippen LogP contribution in [-0.4, -0.2) is 11.9 Å². The van der Waals surface area contributed by atoms with E-state index in [4.69, 9.17) is 5.26 Å². The summed E-state index contributed by atoms with van der Waals surface area (Å²) in [6, 6.07) is 9.72. The molecule has 1 aromatic rings. The third-order valence-corrected chi connectivity index (χ3v) is 3.43. The number of hydrogen-bond acceptors (Lipinski definition) is 2. The second-order valence-electron chi connectivity index (χ2n) is 5.01. The van der Waals surface area contributed by atoms with Gasteiger partial charge in [-0.1, -0.05) is 39.7 Å². The predicted molar refractivity (Wildman–Crippen MR) is 82.5 cm³/mol. The normalized spacial score (nSPS) is 10.3. The van der Waals surface area contributed by atoms with Crippen LogP contribution >= 0.6 is 0 Å². The van der Waals surface area contributed by atoms with Crippen molar-refractivity contribution in [2.75, 3.05) is 4.90 Å². The van der Waals surface area contributed by atoms with Gasteiger partial charge >= 0.3 is 0 Å². The van der Waals surface area contributed by atoms with Gasteiger partial charge in [-0.3, -0.25) is 4.79 Å². The molecule has 0 aliphatic heterocycles. The van der Waals surface area contributed by atoms with Crippen molar-refractivity contribution in [1.29, 1.82) is 5.26 Å². The number of amides is 1. The van der Waals surface area contributed by atoms with E-state index in [1.165, 1.54) is 0 Å². The minimum atomic E-state index is 0.131. The zero-order valence-electron chi connectivity index (χ0n) is 12.7. The van der Waals surface area contributed by atoms with E-state index >= 15 is 0 Å². The Kier molecular flexibility index (Phi) is 6.79. The molecule has 20 heavy (non-hydrogen) atoms. The molecule has 108 valence electrons. The summed E-state index contributed by atoms with van der Waals surface area (Å²) in [5.41, 5.74) is 1.45. The highest BCUT2D eigenvalue weighted by Crippen LogP contribution is 2.24. The average Bonchev–Trinajstić information content (AvgIpc) is 2.48. The van der Waals surface area contributed by atoms with Crippen LogP contribution in [0, 0.1) is 11.3 Å². The lowest BCUT2D eigenvalue weighted by Gasteiger charge is -2.32. The summed E-state index contributed by atoms with van der Waals surface area (Å²) in [4.78, 5) is 14.2. The third kappa shape index (κ3) is 4.09. The van der Waals surface area contributed by atoms with Gasteiger partial charge in [0.15, 0.2) is 0 Å². The van der Waals surface area contributed by atoms with Crippen molar-refractivity contribution in [1.82, 2.24) is 0 Å². The largest absolute Gasteiger partial charge is 0.309 e. The SMILES string of the molecule is CCCC(CCC)N(C(=O)CC)c1cccc(C#N)c1. The lowest BCUT2D eigenvalue weighted by Crippen LogP contribution is -2.40. The summed E-state index contributed by atoms with van der Waals surface area (Å²) < 4.78 is 0. The number of nitrogens with zero attached hydrogens (tertiary/aromatic N) is 2. The van der Waals surface area contributed by atoms with Crippen LogP contribution in [0.3, 0.4) is 0 Å². The average molecular weight is 272 g/mol. The Labute approximate surface area is 122 Å². The zero-order chi connectivity index (χ0) is 15.0. The van der Waals surface area contributed by atoms with Gasteiger partial charge in [0.25, 0.3) is 0 Å². The number of anilines is 1. The molecule has 0 bridgehead atoms. The second-order valence-corrected chi connectivity index (χ2v) is 5.01. The van der Waals surface area contributed by atoms with Gasteiger partial charge in [0.2, 0.25) is 5.91 Å². The van der Waals surface area contributed by atoms with E-state index in [9.17, 15) is 4.79 Å². The number of carbonyl (C=O) groups excluding carboxylic acids is 1. The molecular formula is C17H24N2O. The molecule has 3 heteroatoms. The molecule has 0 saturated heterocycles. The number of carbonyl (C=O) groups is 1. The molecule has 0 aliphatic carbocycles. The molecule has 3 nitrogen and oxygen atoms in total. The van der Waals surface area contributed by atoms with Crippen LogP contribution in [0.25, 0.3) is 0 Å². The summed E-state index contributed by atoms with van der Waals surface area (Å²) >= 11 is 0. The molecule has 1 amide bonds. The quantitative estimate of drug-likeness (QED) is 0.744. The number of benzene rings is 1. The first-order valence-corrected chi connectivity index (χ1v) is 7.50. The first-order valence-electron chi connectivity index (χ1n) is 7.50. The summed E-state index contributed by atoms with van der Waals surface area (Å²) in [7, 11) is 0. The molecule has 0 atom stereocenters. The molecule has 0 radical (unpaired) electrons. The molecular weight excluding hydrogens is 248 g/mol. The molecule has 1 aromatic carbocycles.